The second-order valence-corrected chi connectivity index (χ2v) is 8.22. The van der Waals surface area contributed by atoms with E-state index in [1.54, 1.807) is 18.5 Å². The van der Waals surface area contributed by atoms with Gasteiger partial charge in [0, 0.05) is 49.7 Å². The maximum Gasteiger partial charge on any atom is 0.231 e. The summed E-state index contributed by atoms with van der Waals surface area (Å²) in [4.78, 5) is 21.7. The van der Waals surface area contributed by atoms with Crippen LogP contribution in [0.1, 0.15) is 33.5 Å². The normalized spacial score (nSPS) is 20.3. The number of carbonyl (C=O) groups excluding carboxylic acids is 1. The van der Waals surface area contributed by atoms with Gasteiger partial charge in [-0.3, -0.25) is 19.6 Å². The highest BCUT2D eigenvalue weighted by atomic mass is 16.5. The van der Waals surface area contributed by atoms with E-state index in [-0.39, 0.29) is 5.78 Å². The van der Waals surface area contributed by atoms with Gasteiger partial charge in [-0.25, -0.2) is 0 Å². The number of ether oxygens (including phenoxy) is 3. The number of rotatable bonds is 5. The highest BCUT2D eigenvalue weighted by Gasteiger charge is 2.33. The molecular weight excluding hydrogens is 394 g/mol. The van der Waals surface area contributed by atoms with Crippen LogP contribution in [0.4, 0.5) is 0 Å². The molecule has 4 heterocycles. The predicted molar refractivity (Wildman–Crippen MR) is 116 cm³/mol. The van der Waals surface area contributed by atoms with Crippen molar-refractivity contribution in [1.29, 1.82) is 0 Å². The first-order valence-corrected chi connectivity index (χ1v) is 10.8. The topological polar surface area (TPSA) is 64.1 Å². The first kappa shape index (κ1) is 20.2. The number of Topliss-reactive ketones (excluding diaryl/α,β-unsaturated/α-hetero) is 1. The van der Waals surface area contributed by atoms with Crippen LogP contribution in [0.25, 0.3) is 6.08 Å². The number of pyridine rings is 1. The van der Waals surface area contributed by atoms with Gasteiger partial charge in [0.1, 0.15) is 18.2 Å². The van der Waals surface area contributed by atoms with Crippen LogP contribution in [-0.4, -0.2) is 66.7 Å². The van der Waals surface area contributed by atoms with E-state index < -0.39 is 0 Å². The largest absolute Gasteiger partial charge is 0.477 e. The third kappa shape index (κ3) is 4.21. The van der Waals surface area contributed by atoms with Gasteiger partial charge in [0.15, 0.2) is 5.76 Å². The summed E-state index contributed by atoms with van der Waals surface area (Å²) in [6.07, 6.45) is 6.25. The van der Waals surface area contributed by atoms with E-state index in [2.05, 4.69) is 14.8 Å². The van der Waals surface area contributed by atoms with Crippen molar-refractivity contribution in [1.82, 2.24) is 14.8 Å². The van der Waals surface area contributed by atoms with Gasteiger partial charge < -0.3 is 14.2 Å². The summed E-state index contributed by atoms with van der Waals surface area (Å²) in [5.74, 6) is 1.72. The molecular formula is C24H27N3O4. The maximum atomic E-state index is 13.0. The zero-order chi connectivity index (χ0) is 21.2. The number of ketones is 1. The molecule has 0 amide bonds. The second-order valence-electron chi connectivity index (χ2n) is 8.22. The highest BCUT2D eigenvalue weighted by Crippen LogP contribution is 2.43. The van der Waals surface area contributed by atoms with Crippen molar-refractivity contribution < 1.29 is 19.0 Å². The zero-order valence-electron chi connectivity index (χ0n) is 17.8. The van der Waals surface area contributed by atoms with Crippen molar-refractivity contribution in [2.45, 2.75) is 19.9 Å². The molecule has 0 atom stereocenters. The minimum atomic E-state index is -0.0813. The average Bonchev–Trinajstić information content (AvgIpc) is 3.11. The number of hydrogen-bond donors (Lipinski definition) is 0. The van der Waals surface area contributed by atoms with Gasteiger partial charge >= 0.3 is 0 Å². The standard InChI is InChI=1S/C24H27N3O4/c1-17-23-19(15-27(16-30-23)8-2-7-26-9-11-29-12-10-26)14-20-22(28)21(31-24(17)20)13-18-3-5-25-6-4-18/h3-6,13-14H,2,7-12,15-16H2,1H3/b21-13-. The quantitative estimate of drug-likeness (QED) is 0.688. The van der Waals surface area contributed by atoms with Crippen molar-refractivity contribution >= 4 is 11.9 Å². The number of fused-ring (bicyclic) bond motifs is 2. The number of hydrogen-bond acceptors (Lipinski definition) is 7. The highest BCUT2D eigenvalue weighted by molar-refractivity contribution is 6.15. The molecule has 162 valence electrons. The Bertz CT molecular complexity index is 1000. The van der Waals surface area contributed by atoms with Crippen molar-refractivity contribution in [3.05, 3.63) is 58.6 Å². The Labute approximate surface area is 182 Å². The van der Waals surface area contributed by atoms with E-state index in [1.807, 2.05) is 25.1 Å². The Morgan fingerprint density at radius 2 is 1.87 bits per heavy atom. The lowest BCUT2D eigenvalue weighted by Gasteiger charge is -2.31. The second kappa shape index (κ2) is 8.78. The number of carbonyl (C=O) groups is 1. The monoisotopic (exact) mass is 421 g/mol. The Hall–Kier alpha value is -2.74. The fraction of sp³-hybridized carbons (Fsp3) is 0.417. The minimum Gasteiger partial charge on any atom is -0.477 e. The number of aromatic nitrogens is 1. The van der Waals surface area contributed by atoms with E-state index in [4.69, 9.17) is 14.2 Å². The molecule has 7 nitrogen and oxygen atoms in total. The molecule has 0 bridgehead atoms. The fourth-order valence-electron chi connectivity index (χ4n) is 4.39. The molecule has 3 aliphatic rings. The molecule has 0 unspecified atom stereocenters. The number of benzene rings is 1. The molecule has 1 saturated heterocycles. The van der Waals surface area contributed by atoms with Gasteiger partial charge in [-0.2, -0.15) is 0 Å². The summed E-state index contributed by atoms with van der Waals surface area (Å²) in [5, 5.41) is 0. The van der Waals surface area contributed by atoms with Crippen LogP contribution in [0.3, 0.4) is 0 Å². The van der Waals surface area contributed by atoms with Crippen LogP contribution in [0, 0.1) is 6.92 Å². The Balaban J connectivity index is 1.28. The van der Waals surface area contributed by atoms with Gasteiger partial charge in [-0.15, -0.1) is 0 Å². The summed E-state index contributed by atoms with van der Waals surface area (Å²) in [6, 6.07) is 5.65. The molecule has 2 aromatic rings. The zero-order valence-corrected chi connectivity index (χ0v) is 17.8. The van der Waals surface area contributed by atoms with E-state index >= 15 is 0 Å². The lowest BCUT2D eigenvalue weighted by atomic mass is 10.00. The summed E-state index contributed by atoms with van der Waals surface area (Å²) in [5.41, 5.74) is 3.45. The fourth-order valence-corrected chi connectivity index (χ4v) is 4.39. The molecule has 1 aromatic carbocycles. The van der Waals surface area contributed by atoms with Gasteiger partial charge in [0.05, 0.1) is 18.8 Å². The SMILES string of the molecule is Cc1c2c(cc3c1O/C(=C\c1ccncc1)C3=O)CN(CCCN1CCOCC1)CO2. The van der Waals surface area contributed by atoms with Gasteiger partial charge in [0.2, 0.25) is 5.78 Å². The molecule has 0 spiro atoms. The molecule has 0 saturated carbocycles. The van der Waals surface area contributed by atoms with Crippen molar-refractivity contribution in [2.24, 2.45) is 0 Å². The molecule has 0 aliphatic carbocycles. The minimum absolute atomic E-state index is 0.0813. The molecule has 0 radical (unpaired) electrons. The molecule has 7 heteroatoms. The van der Waals surface area contributed by atoms with E-state index in [9.17, 15) is 4.79 Å². The van der Waals surface area contributed by atoms with Crippen LogP contribution in [0.2, 0.25) is 0 Å². The average molecular weight is 421 g/mol. The maximum absolute atomic E-state index is 13.0. The lowest BCUT2D eigenvalue weighted by Crippen LogP contribution is -2.39. The third-order valence-corrected chi connectivity index (χ3v) is 6.06. The molecule has 1 fully saturated rings. The van der Waals surface area contributed by atoms with Crippen molar-refractivity contribution in [3.8, 4) is 11.5 Å². The Morgan fingerprint density at radius 1 is 1.10 bits per heavy atom. The van der Waals surface area contributed by atoms with E-state index in [0.717, 1.165) is 74.8 Å². The lowest BCUT2D eigenvalue weighted by molar-refractivity contribution is 0.0329. The number of allylic oxidation sites excluding steroid dienone is 1. The number of morpholine rings is 1. The van der Waals surface area contributed by atoms with Crippen LogP contribution >= 0.6 is 0 Å². The third-order valence-electron chi connectivity index (χ3n) is 6.06. The van der Waals surface area contributed by atoms with Gasteiger partial charge in [0.25, 0.3) is 0 Å². The molecule has 31 heavy (non-hydrogen) atoms. The van der Waals surface area contributed by atoms with Crippen LogP contribution in [0.5, 0.6) is 11.5 Å². The summed E-state index contributed by atoms with van der Waals surface area (Å²) >= 11 is 0. The van der Waals surface area contributed by atoms with E-state index in [1.165, 1.54) is 0 Å². The summed E-state index contributed by atoms with van der Waals surface area (Å²) < 4.78 is 17.5. The molecule has 3 aliphatic heterocycles. The van der Waals surface area contributed by atoms with Gasteiger partial charge in [-0.1, -0.05) is 0 Å². The number of nitrogens with zero attached hydrogens (tertiary/aromatic N) is 3. The van der Waals surface area contributed by atoms with Crippen LogP contribution < -0.4 is 9.47 Å². The molecule has 0 N–H and O–H groups in total. The predicted octanol–water partition coefficient (Wildman–Crippen LogP) is 2.88. The Kier molecular flexibility index (Phi) is 5.72. The van der Waals surface area contributed by atoms with E-state index in [0.29, 0.717) is 23.8 Å². The summed E-state index contributed by atoms with van der Waals surface area (Å²) in [7, 11) is 0. The van der Waals surface area contributed by atoms with Gasteiger partial charge in [-0.05, 0) is 49.7 Å². The summed E-state index contributed by atoms with van der Waals surface area (Å²) in [6.45, 7) is 9.04. The van der Waals surface area contributed by atoms with Crippen molar-refractivity contribution in [3.63, 3.8) is 0 Å². The van der Waals surface area contributed by atoms with Crippen molar-refractivity contribution in [2.75, 3.05) is 46.1 Å². The van der Waals surface area contributed by atoms with Crippen LogP contribution in [0.15, 0.2) is 36.4 Å². The molecule has 5 rings (SSSR count). The first-order chi connectivity index (χ1) is 15.2. The smallest absolute Gasteiger partial charge is 0.231 e. The van der Waals surface area contributed by atoms with Crippen LogP contribution in [-0.2, 0) is 11.3 Å². The Morgan fingerprint density at radius 3 is 2.68 bits per heavy atom. The molecule has 1 aromatic heterocycles. The first-order valence-electron chi connectivity index (χ1n) is 10.8.